The van der Waals surface area contributed by atoms with E-state index in [1.165, 1.54) is 18.2 Å². The molecule has 2 N–H and O–H groups in total. The molecule has 1 aromatic carbocycles. The maximum absolute atomic E-state index is 13.2. The topological polar surface area (TPSA) is 41.5 Å². The summed E-state index contributed by atoms with van der Waals surface area (Å²) in [6.45, 7) is 6.67. The Morgan fingerprint density at radius 2 is 2.00 bits per heavy atom. The summed E-state index contributed by atoms with van der Waals surface area (Å²) in [7, 11) is 1.65. The second-order valence-corrected chi connectivity index (χ2v) is 4.90. The van der Waals surface area contributed by atoms with Crippen molar-refractivity contribution < 1.29 is 14.2 Å². The molecule has 2 unspecified atom stereocenters. The summed E-state index contributed by atoms with van der Waals surface area (Å²) >= 11 is 0. The van der Waals surface area contributed by atoms with Gasteiger partial charge in [0.25, 0.3) is 0 Å². The van der Waals surface area contributed by atoms with Crippen LogP contribution in [0.5, 0.6) is 5.75 Å². The van der Waals surface area contributed by atoms with Crippen LogP contribution >= 0.6 is 0 Å². The van der Waals surface area contributed by atoms with E-state index in [0.717, 1.165) is 0 Å². The van der Waals surface area contributed by atoms with Gasteiger partial charge in [0.1, 0.15) is 11.6 Å². The molecular weight excluding hydrogens is 233 g/mol. The third kappa shape index (κ3) is 3.96. The Morgan fingerprint density at radius 1 is 1.33 bits per heavy atom. The lowest BCUT2D eigenvalue weighted by Crippen LogP contribution is -2.39. The van der Waals surface area contributed by atoms with Gasteiger partial charge in [0.05, 0.1) is 6.61 Å². The Balaban J connectivity index is 2.79. The number of nitrogens with one attached hydrogen (secondary N) is 1. The van der Waals surface area contributed by atoms with Gasteiger partial charge >= 0.3 is 0 Å². The van der Waals surface area contributed by atoms with Gasteiger partial charge in [-0.2, -0.15) is 0 Å². The van der Waals surface area contributed by atoms with E-state index >= 15 is 0 Å². The Bertz CT molecular complexity index is 382. The van der Waals surface area contributed by atoms with Gasteiger partial charge in [0, 0.05) is 24.8 Å². The molecule has 18 heavy (non-hydrogen) atoms. The average molecular weight is 255 g/mol. The fourth-order valence-electron chi connectivity index (χ4n) is 1.90. The van der Waals surface area contributed by atoms with E-state index in [4.69, 9.17) is 4.74 Å². The van der Waals surface area contributed by atoms with Gasteiger partial charge in [0.15, 0.2) is 0 Å². The predicted molar refractivity (Wildman–Crippen MR) is 70.1 cm³/mol. The summed E-state index contributed by atoms with van der Waals surface area (Å²) in [5, 5.41) is 13.1. The van der Waals surface area contributed by atoms with Crippen LogP contribution < -0.4 is 5.32 Å². The minimum atomic E-state index is -0.343. The highest BCUT2D eigenvalue weighted by atomic mass is 19.1. The lowest BCUT2D eigenvalue weighted by atomic mass is 10.0. The van der Waals surface area contributed by atoms with Crippen LogP contribution in [0.25, 0.3) is 0 Å². The fraction of sp³-hybridized carbons (Fsp3) is 0.571. The van der Waals surface area contributed by atoms with Crippen molar-refractivity contribution in [2.45, 2.75) is 32.9 Å². The normalized spacial score (nSPS) is 14.8. The van der Waals surface area contributed by atoms with Crippen LogP contribution in [0.1, 0.15) is 32.4 Å². The Morgan fingerprint density at radius 3 is 2.56 bits per heavy atom. The van der Waals surface area contributed by atoms with E-state index in [0.29, 0.717) is 18.1 Å². The van der Waals surface area contributed by atoms with E-state index in [1.807, 2.05) is 6.92 Å². The number of aromatic hydroxyl groups is 1. The third-order valence-electron chi connectivity index (χ3n) is 3.07. The van der Waals surface area contributed by atoms with Crippen LogP contribution in [0.2, 0.25) is 0 Å². The molecule has 102 valence electrons. The first-order valence-electron chi connectivity index (χ1n) is 6.19. The Hall–Kier alpha value is -1.13. The van der Waals surface area contributed by atoms with Gasteiger partial charge in [0.2, 0.25) is 0 Å². The van der Waals surface area contributed by atoms with Crippen LogP contribution in [0.4, 0.5) is 4.39 Å². The molecule has 0 aliphatic carbocycles. The molecule has 0 saturated carbocycles. The number of halogens is 1. The SMILES string of the molecule is COCC(NC(C)c1cc(F)ccc1O)C(C)C. The Kier molecular flexibility index (Phi) is 5.56. The smallest absolute Gasteiger partial charge is 0.123 e. The molecule has 1 aromatic rings. The van der Waals surface area contributed by atoms with Gasteiger partial charge in [-0.15, -0.1) is 0 Å². The van der Waals surface area contributed by atoms with Gasteiger partial charge in [-0.3, -0.25) is 0 Å². The zero-order valence-corrected chi connectivity index (χ0v) is 11.4. The molecule has 0 aliphatic heterocycles. The number of hydrogen-bond acceptors (Lipinski definition) is 3. The third-order valence-corrected chi connectivity index (χ3v) is 3.07. The first kappa shape index (κ1) is 14.9. The standard InChI is InChI=1S/C14H22FNO2/c1-9(2)13(8-18-4)16-10(3)12-7-11(15)5-6-14(12)17/h5-7,9-10,13,16-17H,8H2,1-4H3. The second kappa shape index (κ2) is 6.71. The first-order chi connectivity index (χ1) is 8.45. The number of ether oxygens (including phenoxy) is 1. The summed E-state index contributed by atoms with van der Waals surface area (Å²) in [6, 6.07) is 4.01. The highest BCUT2D eigenvalue weighted by Gasteiger charge is 2.18. The van der Waals surface area contributed by atoms with Crippen LogP contribution in [-0.4, -0.2) is 24.9 Å². The fourth-order valence-corrected chi connectivity index (χ4v) is 1.90. The summed E-state index contributed by atoms with van der Waals surface area (Å²) in [4.78, 5) is 0. The highest BCUT2D eigenvalue weighted by molar-refractivity contribution is 5.34. The number of phenols is 1. The van der Waals surface area contributed by atoms with Crippen LogP contribution in [0.3, 0.4) is 0 Å². The molecule has 4 heteroatoms. The number of rotatable bonds is 6. The van der Waals surface area contributed by atoms with Crippen molar-refractivity contribution in [3.05, 3.63) is 29.6 Å². The maximum Gasteiger partial charge on any atom is 0.123 e. The van der Waals surface area contributed by atoms with E-state index in [2.05, 4.69) is 19.2 Å². The zero-order chi connectivity index (χ0) is 13.7. The van der Waals surface area contributed by atoms with Crippen molar-refractivity contribution in [2.24, 2.45) is 5.92 Å². The van der Waals surface area contributed by atoms with Crippen LogP contribution in [-0.2, 0) is 4.74 Å². The summed E-state index contributed by atoms with van der Waals surface area (Å²) in [5.74, 6) is 0.156. The minimum absolute atomic E-state index is 0.108. The molecule has 0 fully saturated rings. The molecule has 0 radical (unpaired) electrons. The molecule has 0 heterocycles. The molecule has 0 aromatic heterocycles. The summed E-state index contributed by atoms with van der Waals surface area (Å²) in [6.07, 6.45) is 0. The lowest BCUT2D eigenvalue weighted by molar-refractivity contribution is 0.141. The van der Waals surface area contributed by atoms with Gasteiger partial charge < -0.3 is 15.2 Å². The molecule has 0 saturated heterocycles. The largest absolute Gasteiger partial charge is 0.508 e. The predicted octanol–water partition coefficient (Wildman–Crippen LogP) is 2.85. The molecule has 1 rings (SSSR count). The maximum atomic E-state index is 13.2. The Labute approximate surface area is 108 Å². The first-order valence-corrected chi connectivity index (χ1v) is 6.19. The average Bonchev–Trinajstić information content (AvgIpc) is 2.31. The van der Waals surface area contributed by atoms with Crippen molar-refractivity contribution >= 4 is 0 Å². The quantitative estimate of drug-likeness (QED) is 0.821. The van der Waals surface area contributed by atoms with E-state index in [1.54, 1.807) is 7.11 Å². The minimum Gasteiger partial charge on any atom is -0.508 e. The van der Waals surface area contributed by atoms with Gasteiger partial charge in [-0.1, -0.05) is 13.8 Å². The summed E-state index contributed by atoms with van der Waals surface area (Å²) in [5.41, 5.74) is 0.566. The molecular formula is C14H22FNO2. The van der Waals surface area contributed by atoms with Crippen LogP contribution in [0, 0.1) is 11.7 Å². The molecule has 0 amide bonds. The highest BCUT2D eigenvalue weighted by Crippen LogP contribution is 2.25. The van der Waals surface area contributed by atoms with E-state index in [-0.39, 0.29) is 23.7 Å². The van der Waals surface area contributed by atoms with E-state index < -0.39 is 0 Å². The second-order valence-electron chi connectivity index (χ2n) is 4.90. The molecule has 0 aliphatic rings. The number of phenolic OH excluding ortho intramolecular Hbond substituents is 1. The van der Waals surface area contributed by atoms with Crippen LogP contribution in [0.15, 0.2) is 18.2 Å². The monoisotopic (exact) mass is 255 g/mol. The van der Waals surface area contributed by atoms with Crippen molar-refractivity contribution in [3.63, 3.8) is 0 Å². The van der Waals surface area contributed by atoms with Gasteiger partial charge in [-0.25, -0.2) is 4.39 Å². The molecule has 3 nitrogen and oxygen atoms in total. The van der Waals surface area contributed by atoms with E-state index in [9.17, 15) is 9.50 Å². The zero-order valence-electron chi connectivity index (χ0n) is 11.4. The number of methoxy groups -OCH3 is 1. The number of hydrogen-bond donors (Lipinski definition) is 2. The van der Waals surface area contributed by atoms with Crippen molar-refractivity contribution in [1.82, 2.24) is 5.32 Å². The van der Waals surface area contributed by atoms with Gasteiger partial charge in [-0.05, 0) is 31.0 Å². The van der Waals surface area contributed by atoms with Crippen molar-refractivity contribution in [1.29, 1.82) is 0 Å². The van der Waals surface area contributed by atoms with Crippen molar-refractivity contribution in [2.75, 3.05) is 13.7 Å². The molecule has 0 bridgehead atoms. The summed E-state index contributed by atoms with van der Waals surface area (Å²) < 4.78 is 18.3. The molecule has 0 spiro atoms. The number of benzene rings is 1. The van der Waals surface area contributed by atoms with Crippen molar-refractivity contribution in [3.8, 4) is 5.75 Å². The lowest BCUT2D eigenvalue weighted by Gasteiger charge is -2.26. The molecule has 2 atom stereocenters.